The lowest BCUT2D eigenvalue weighted by molar-refractivity contribution is 0.0254. The summed E-state index contributed by atoms with van der Waals surface area (Å²) in [5.41, 5.74) is 4.12. The normalized spacial score (nSPS) is 21.1. The standard InChI is InChI=1S/C34H37N5O5/c1-20-18-39(3)19-21(2)31(20)38-34(40)24-14-29(41-4)32(37-17-24)30-15-27-33(44-30)26(7-10-36-27)22-5-6-28(23(13-22)16-35)43-25-8-11-42-12-9-25/h5-7,10,13-15,17,20-21,25,31H,8-9,11-12,18-19H2,1-4H3,(H,38,40)/t20-,21+,31+. The second-order valence-electron chi connectivity index (χ2n) is 11.9. The number of carbonyl (C=O) groups is 1. The van der Waals surface area contributed by atoms with Gasteiger partial charge in [-0.15, -0.1) is 0 Å². The molecule has 1 amide bonds. The van der Waals surface area contributed by atoms with Crippen molar-refractivity contribution in [2.24, 2.45) is 11.8 Å². The quantitative estimate of drug-likeness (QED) is 0.303. The largest absolute Gasteiger partial charge is 0.494 e. The molecule has 228 valence electrons. The summed E-state index contributed by atoms with van der Waals surface area (Å²) in [6.07, 6.45) is 4.89. The van der Waals surface area contributed by atoms with Crippen molar-refractivity contribution in [3.8, 4) is 40.1 Å². The minimum absolute atomic E-state index is 0.0308. The first-order valence-electron chi connectivity index (χ1n) is 15.1. The number of carbonyl (C=O) groups excluding carboxylic acids is 1. The Bertz CT molecular complexity index is 1690. The highest BCUT2D eigenvalue weighted by atomic mass is 16.5. The summed E-state index contributed by atoms with van der Waals surface area (Å²) in [4.78, 5) is 24.6. The Morgan fingerprint density at radius 3 is 2.57 bits per heavy atom. The van der Waals surface area contributed by atoms with Crippen LogP contribution in [-0.2, 0) is 4.74 Å². The molecule has 0 bridgehead atoms. The number of nitrogens with zero attached hydrogens (tertiary/aromatic N) is 4. The first kappa shape index (κ1) is 29.6. The number of likely N-dealkylation sites (tertiary alicyclic amines) is 1. The average Bonchev–Trinajstić information content (AvgIpc) is 3.47. The number of nitrogens with one attached hydrogen (secondary N) is 1. The number of amides is 1. The van der Waals surface area contributed by atoms with Gasteiger partial charge in [0.05, 0.1) is 31.5 Å². The van der Waals surface area contributed by atoms with E-state index in [9.17, 15) is 10.1 Å². The monoisotopic (exact) mass is 595 g/mol. The van der Waals surface area contributed by atoms with Crippen molar-refractivity contribution in [3.63, 3.8) is 0 Å². The molecule has 0 radical (unpaired) electrons. The van der Waals surface area contributed by atoms with Crippen molar-refractivity contribution in [1.29, 1.82) is 5.26 Å². The van der Waals surface area contributed by atoms with Crippen LogP contribution < -0.4 is 14.8 Å². The molecule has 1 aromatic carbocycles. The van der Waals surface area contributed by atoms with E-state index < -0.39 is 0 Å². The van der Waals surface area contributed by atoms with Crippen LogP contribution in [0.3, 0.4) is 0 Å². The fourth-order valence-electron chi connectivity index (χ4n) is 6.42. The molecule has 0 spiro atoms. The number of aromatic nitrogens is 2. The molecule has 5 heterocycles. The summed E-state index contributed by atoms with van der Waals surface area (Å²) in [6, 6.07) is 13.3. The van der Waals surface area contributed by atoms with Crippen LogP contribution in [0.2, 0.25) is 0 Å². The zero-order chi connectivity index (χ0) is 30.8. The van der Waals surface area contributed by atoms with E-state index >= 15 is 0 Å². The summed E-state index contributed by atoms with van der Waals surface area (Å²) in [5.74, 6) is 1.93. The SMILES string of the molecule is COc1cc(C(=O)N[C@H]2[C@H](C)CN(C)C[C@@H]2C)cnc1-c1cc2nccc(-c3ccc(OC4CCOCC4)c(C#N)c3)c2o1. The summed E-state index contributed by atoms with van der Waals surface area (Å²) < 4.78 is 23.6. The first-order chi connectivity index (χ1) is 21.3. The van der Waals surface area contributed by atoms with E-state index in [-0.39, 0.29) is 18.1 Å². The number of nitriles is 1. The van der Waals surface area contributed by atoms with E-state index in [4.69, 9.17) is 18.6 Å². The Kier molecular flexibility index (Phi) is 8.51. The molecule has 44 heavy (non-hydrogen) atoms. The van der Waals surface area contributed by atoms with Gasteiger partial charge in [-0.3, -0.25) is 9.78 Å². The predicted octanol–water partition coefficient (Wildman–Crippen LogP) is 5.31. The molecule has 0 aliphatic carbocycles. The molecule has 2 fully saturated rings. The Labute approximate surface area is 256 Å². The summed E-state index contributed by atoms with van der Waals surface area (Å²) in [6.45, 7) is 7.52. The lowest BCUT2D eigenvalue weighted by Gasteiger charge is -2.40. The van der Waals surface area contributed by atoms with Gasteiger partial charge in [0.15, 0.2) is 11.3 Å². The molecular weight excluding hydrogens is 558 g/mol. The molecule has 4 aromatic rings. The molecule has 3 atom stereocenters. The number of piperidine rings is 1. The van der Waals surface area contributed by atoms with Crippen molar-refractivity contribution in [2.45, 2.75) is 38.8 Å². The lowest BCUT2D eigenvalue weighted by Crippen LogP contribution is -2.53. The van der Waals surface area contributed by atoms with E-state index in [2.05, 4.69) is 47.1 Å². The average molecular weight is 596 g/mol. The minimum Gasteiger partial charge on any atom is -0.494 e. The maximum atomic E-state index is 13.2. The van der Waals surface area contributed by atoms with Crippen LogP contribution in [0, 0.1) is 23.2 Å². The zero-order valence-electron chi connectivity index (χ0n) is 25.5. The Morgan fingerprint density at radius 1 is 1.07 bits per heavy atom. The van der Waals surface area contributed by atoms with Crippen LogP contribution in [0.15, 0.2) is 53.2 Å². The van der Waals surface area contributed by atoms with Crippen LogP contribution in [-0.4, -0.2) is 73.4 Å². The van der Waals surface area contributed by atoms with E-state index in [1.54, 1.807) is 31.6 Å². The fourth-order valence-corrected chi connectivity index (χ4v) is 6.42. The molecule has 1 N–H and O–H groups in total. The van der Waals surface area contributed by atoms with E-state index in [1.165, 1.54) is 0 Å². The number of pyridine rings is 2. The van der Waals surface area contributed by atoms with Gasteiger partial charge in [-0.2, -0.15) is 5.26 Å². The van der Waals surface area contributed by atoms with Crippen LogP contribution in [0.1, 0.15) is 42.6 Å². The molecule has 10 nitrogen and oxygen atoms in total. The fraction of sp³-hybridized carbons (Fsp3) is 0.412. The number of fused-ring (bicyclic) bond motifs is 1. The predicted molar refractivity (Wildman–Crippen MR) is 165 cm³/mol. The molecule has 2 aliphatic rings. The highest BCUT2D eigenvalue weighted by Gasteiger charge is 2.32. The van der Waals surface area contributed by atoms with Gasteiger partial charge in [-0.1, -0.05) is 19.9 Å². The minimum atomic E-state index is -0.179. The van der Waals surface area contributed by atoms with Gasteiger partial charge in [0.1, 0.15) is 34.9 Å². The molecule has 0 unspecified atom stereocenters. The highest BCUT2D eigenvalue weighted by Crippen LogP contribution is 2.37. The van der Waals surface area contributed by atoms with Crippen molar-refractivity contribution in [1.82, 2.24) is 20.2 Å². The Morgan fingerprint density at radius 2 is 1.84 bits per heavy atom. The van der Waals surface area contributed by atoms with Crippen molar-refractivity contribution >= 4 is 17.0 Å². The van der Waals surface area contributed by atoms with Gasteiger partial charge < -0.3 is 28.8 Å². The van der Waals surface area contributed by atoms with E-state index in [0.717, 1.165) is 37.1 Å². The third-order valence-corrected chi connectivity index (χ3v) is 8.58. The van der Waals surface area contributed by atoms with E-state index in [0.29, 0.717) is 70.2 Å². The molecular formula is C34H37N5O5. The van der Waals surface area contributed by atoms with Gasteiger partial charge in [0.25, 0.3) is 5.91 Å². The number of rotatable bonds is 7. The topological polar surface area (TPSA) is 123 Å². The second kappa shape index (κ2) is 12.6. The maximum Gasteiger partial charge on any atom is 0.253 e. The number of ether oxygens (including phenoxy) is 3. The van der Waals surface area contributed by atoms with Gasteiger partial charge in [-0.25, -0.2) is 4.98 Å². The lowest BCUT2D eigenvalue weighted by atomic mass is 9.86. The molecule has 3 aromatic heterocycles. The van der Waals surface area contributed by atoms with Gasteiger partial charge in [0.2, 0.25) is 0 Å². The molecule has 2 saturated heterocycles. The number of furan rings is 1. The van der Waals surface area contributed by atoms with Crippen molar-refractivity contribution in [3.05, 3.63) is 59.9 Å². The summed E-state index contributed by atoms with van der Waals surface area (Å²) >= 11 is 0. The smallest absolute Gasteiger partial charge is 0.253 e. The molecule has 2 aliphatic heterocycles. The third kappa shape index (κ3) is 5.98. The molecule has 6 rings (SSSR count). The van der Waals surface area contributed by atoms with Gasteiger partial charge in [-0.05, 0) is 48.7 Å². The van der Waals surface area contributed by atoms with Gasteiger partial charge in [0, 0.05) is 56.0 Å². The second-order valence-corrected chi connectivity index (χ2v) is 11.9. The Balaban J connectivity index is 1.27. The molecule has 10 heteroatoms. The summed E-state index contributed by atoms with van der Waals surface area (Å²) in [5, 5.41) is 13.1. The van der Waals surface area contributed by atoms with Crippen molar-refractivity contribution in [2.75, 3.05) is 40.5 Å². The van der Waals surface area contributed by atoms with Crippen LogP contribution in [0.4, 0.5) is 0 Å². The number of hydrogen-bond donors (Lipinski definition) is 1. The highest BCUT2D eigenvalue weighted by molar-refractivity contribution is 5.96. The van der Waals surface area contributed by atoms with Crippen LogP contribution in [0.5, 0.6) is 11.5 Å². The van der Waals surface area contributed by atoms with Crippen LogP contribution in [0.25, 0.3) is 33.7 Å². The van der Waals surface area contributed by atoms with Gasteiger partial charge >= 0.3 is 0 Å². The van der Waals surface area contributed by atoms with Crippen molar-refractivity contribution < 1.29 is 23.4 Å². The Hall–Kier alpha value is -4.46. The van der Waals surface area contributed by atoms with Crippen LogP contribution >= 0.6 is 0 Å². The maximum absolute atomic E-state index is 13.2. The number of methoxy groups -OCH3 is 1. The first-order valence-corrected chi connectivity index (χ1v) is 15.1. The number of benzene rings is 1. The summed E-state index contributed by atoms with van der Waals surface area (Å²) in [7, 11) is 3.65. The number of hydrogen-bond acceptors (Lipinski definition) is 9. The van der Waals surface area contributed by atoms with E-state index in [1.807, 2.05) is 24.3 Å². The zero-order valence-corrected chi connectivity index (χ0v) is 25.5. The third-order valence-electron chi connectivity index (χ3n) is 8.58. The molecule has 0 saturated carbocycles.